The summed E-state index contributed by atoms with van der Waals surface area (Å²) in [5, 5.41) is 3.77. The Bertz CT molecular complexity index is 1060. The number of esters is 1. The number of halogens is 2. The topological polar surface area (TPSA) is 47.6 Å². The zero-order valence-electron chi connectivity index (χ0n) is 16.2. The number of ether oxygens (including phenoxy) is 2. The summed E-state index contributed by atoms with van der Waals surface area (Å²) in [6.45, 7) is 3.47. The number of thioether (sulfide) groups is 1. The van der Waals surface area contributed by atoms with Gasteiger partial charge in [0.15, 0.2) is 5.75 Å². The van der Waals surface area contributed by atoms with Crippen LogP contribution in [0.3, 0.4) is 0 Å². The van der Waals surface area contributed by atoms with Gasteiger partial charge in [0.2, 0.25) is 0 Å². The largest absolute Gasteiger partial charge is 0.495 e. The van der Waals surface area contributed by atoms with Crippen molar-refractivity contribution < 1.29 is 14.3 Å². The molecule has 0 radical (unpaired) electrons. The molecule has 0 amide bonds. The predicted molar refractivity (Wildman–Crippen MR) is 127 cm³/mol. The molecule has 3 aromatic rings. The van der Waals surface area contributed by atoms with Gasteiger partial charge < -0.3 is 14.8 Å². The monoisotopic (exact) mass is 503 g/mol. The summed E-state index contributed by atoms with van der Waals surface area (Å²) in [5.74, 6) is 1.25. The van der Waals surface area contributed by atoms with Gasteiger partial charge in [0.25, 0.3) is 0 Å². The molecule has 0 aliphatic rings. The molecule has 0 bridgehead atoms. The minimum Gasteiger partial charge on any atom is -0.495 e. The minimum absolute atomic E-state index is 0.388. The average molecular weight is 505 g/mol. The van der Waals surface area contributed by atoms with Crippen LogP contribution < -0.4 is 14.8 Å². The molecule has 7 heteroatoms. The Morgan fingerprint density at radius 1 is 1.13 bits per heavy atom. The lowest BCUT2D eigenvalue weighted by Crippen LogP contribution is -2.06. The number of rotatable bonds is 8. The van der Waals surface area contributed by atoms with Crippen LogP contribution >= 0.6 is 39.3 Å². The van der Waals surface area contributed by atoms with Crippen molar-refractivity contribution in [3.8, 4) is 11.5 Å². The van der Waals surface area contributed by atoms with Crippen molar-refractivity contribution in [1.29, 1.82) is 0 Å². The SMILES string of the molecule is C=CC(=O)Oc1cc(SCc2ccccc2)ccc1Nc1cc(Cl)c(Br)cc1OC. The Labute approximate surface area is 193 Å². The van der Waals surface area contributed by atoms with E-state index in [4.69, 9.17) is 21.1 Å². The van der Waals surface area contributed by atoms with Gasteiger partial charge in [-0.1, -0.05) is 48.5 Å². The molecule has 0 saturated heterocycles. The molecule has 30 heavy (non-hydrogen) atoms. The number of methoxy groups -OCH3 is 1. The van der Waals surface area contributed by atoms with Crippen molar-refractivity contribution in [2.45, 2.75) is 10.6 Å². The van der Waals surface area contributed by atoms with E-state index in [0.29, 0.717) is 27.9 Å². The van der Waals surface area contributed by atoms with Crippen LogP contribution in [-0.4, -0.2) is 13.1 Å². The van der Waals surface area contributed by atoms with Gasteiger partial charge in [-0.15, -0.1) is 11.8 Å². The first-order valence-corrected chi connectivity index (χ1v) is 11.1. The van der Waals surface area contributed by atoms with Crippen molar-refractivity contribution in [3.63, 3.8) is 0 Å². The van der Waals surface area contributed by atoms with Gasteiger partial charge >= 0.3 is 5.97 Å². The molecular formula is C23H19BrClNO3S. The molecule has 4 nitrogen and oxygen atoms in total. The third kappa shape index (κ3) is 5.81. The predicted octanol–water partition coefficient (Wildman–Crippen LogP) is 7.24. The smallest absolute Gasteiger partial charge is 0.335 e. The van der Waals surface area contributed by atoms with E-state index < -0.39 is 5.97 Å². The van der Waals surface area contributed by atoms with Crippen LogP contribution in [0.5, 0.6) is 11.5 Å². The molecule has 0 fully saturated rings. The van der Waals surface area contributed by atoms with Crippen molar-refractivity contribution >= 4 is 56.6 Å². The van der Waals surface area contributed by atoms with Crippen LogP contribution in [0.1, 0.15) is 5.56 Å². The molecule has 0 aliphatic heterocycles. The summed E-state index contributed by atoms with van der Waals surface area (Å²) >= 11 is 11.3. The third-order valence-electron chi connectivity index (χ3n) is 4.09. The second-order valence-electron chi connectivity index (χ2n) is 6.15. The van der Waals surface area contributed by atoms with Gasteiger partial charge in [-0.05, 0) is 51.8 Å². The molecule has 3 aromatic carbocycles. The lowest BCUT2D eigenvalue weighted by molar-refractivity contribution is -0.128. The number of nitrogens with one attached hydrogen (secondary N) is 1. The van der Waals surface area contributed by atoms with Gasteiger partial charge in [0, 0.05) is 21.2 Å². The number of anilines is 2. The maximum absolute atomic E-state index is 11.9. The van der Waals surface area contributed by atoms with Crippen LogP contribution in [0.15, 0.2) is 82.7 Å². The average Bonchev–Trinajstić information content (AvgIpc) is 2.76. The Hall–Kier alpha value is -2.41. The lowest BCUT2D eigenvalue weighted by atomic mass is 10.2. The highest BCUT2D eigenvalue weighted by Crippen LogP contribution is 2.39. The summed E-state index contributed by atoms with van der Waals surface area (Å²) in [6.07, 6.45) is 1.13. The molecule has 1 N–H and O–H groups in total. The molecule has 0 aliphatic carbocycles. The second kappa shape index (κ2) is 10.6. The minimum atomic E-state index is -0.538. The molecular weight excluding hydrogens is 486 g/mol. The molecule has 0 heterocycles. The zero-order valence-corrected chi connectivity index (χ0v) is 19.3. The van der Waals surface area contributed by atoms with Crippen LogP contribution in [0.2, 0.25) is 5.02 Å². The van der Waals surface area contributed by atoms with E-state index in [-0.39, 0.29) is 0 Å². The lowest BCUT2D eigenvalue weighted by Gasteiger charge is -2.16. The fraction of sp³-hybridized carbons (Fsp3) is 0.0870. The first-order valence-electron chi connectivity index (χ1n) is 8.95. The van der Waals surface area contributed by atoms with Gasteiger partial charge in [0.05, 0.1) is 23.5 Å². The number of benzene rings is 3. The molecule has 3 rings (SSSR count). The highest BCUT2D eigenvalue weighted by molar-refractivity contribution is 9.10. The Balaban J connectivity index is 1.88. The summed E-state index contributed by atoms with van der Waals surface area (Å²) < 4.78 is 11.6. The number of hydrogen-bond donors (Lipinski definition) is 1. The van der Waals surface area contributed by atoms with Crippen LogP contribution in [0.25, 0.3) is 0 Å². The molecule has 0 saturated carbocycles. The first-order chi connectivity index (χ1) is 14.5. The highest BCUT2D eigenvalue weighted by Gasteiger charge is 2.13. The standard InChI is InChI=1S/C23H19BrClNO3S/c1-3-23(27)29-22-11-16(30-14-15-7-5-4-6-8-15)9-10-19(22)26-20-13-18(25)17(24)12-21(20)28-2/h3-13,26H,1,14H2,2H3. The second-order valence-corrected chi connectivity index (χ2v) is 8.46. The van der Waals surface area contributed by atoms with Gasteiger partial charge in [0.1, 0.15) is 5.75 Å². The summed E-state index contributed by atoms with van der Waals surface area (Å²) in [5.41, 5.74) is 2.46. The quantitative estimate of drug-likeness (QED) is 0.152. The van der Waals surface area contributed by atoms with Gasteiger partial charge in [-0.3, -0.25) is 0 Å². The van der Waals surface area contributed by atoms with Gasteiger partial charge in [-0.25, -0.2) is 4.79 Å². The molecule has 0 atom stereocenters. The van der Waals surface area contributed by atoms with E-state index in [0.717, 1.165) is 21.2 Å². The highest BCUT2D eigenvalue weighted by atomic mass is 79.9. The molecule has 154 valence electrons. The van der Waals surface area contributed by atoms with Crippen LogP contribution in [0.4, 0.5) is 11.4 Å². The van der Waals surface area contributed by atoms with Crippen LogP contribution in [-0.2, 0) is 10.5 Å². The Kier molecular flexibility index (Phi) is 7.85. The van der Waals surface area contributed by atoms with E-state index in [9.17, 15) is 4.79 Å². The van der Waals surface area contributed by atoms with Crippen molar-refractivity contribution in [1.82, 2.24) is 0 Å². The maximum Gasteiger partial charge on any atom is 0.335 e. The first kappa shape index (κ1) is 22.3. The fourth-order valence-corrected chi connectivity index (χ4v) is 3.98. The van der Waals surface area contributed by atoms with E-state index in [1.165, 1.54) is 5.56 Å². The number of carbonyl (C=O) groups excluding carboxylic acids is 1. The number of carbonyl (C=O) groups is 1. The number of hydrogen-bond acceptors (Lipinski definition) is 5. The van der Waals surface area contributed by atoms with Crippen molar-refractivity contribution in [2.24, 2.45) is 0 Å². The van der Waals surface area contributed by atoms with E-state index in [1.54, 1.807) is 31.0 Å². The molecule has 0 aromatic heterocycles. The van der Waals surface area contributed by atoms with Crippen molar-refractivity contribution in [3.05, 3.63) is 88.4 Å². The van der Waals surface area contributed by atoms with Crippen molar-refractivity contribution in [2.75, 3.05) is 12.4 Å². The van der Waals surface area contributed by atoms with E-state index >= 15 is 0 Å². The molecule has 0 spiro atoms. The van der Waals surface area contributed by atoms with Gasteiger partial charge in [-0.2, -0.15) is 0 Å². The maximum atomic E-state index is 11.9. The van der Waals surface area contributed by atoms with E-state index in [1.807, 2.05) is 36.4 Å². The van der Waals surface area contributed by atoms with Crippen LogP contribution in [0, 0.1) is 0 Å². The normalized spacial score (nSPS) is 10.4. The fourth-order valence-electron chi connectivity index (χ4n) is 2.61. The summed E-state index contributed by atoms with van der Waals surface area (Å²) in [6, 6.07) is 19.3. The summed E-state index contributed by atoms with van der Waals surface area (Å²) in [7, 11) is 1.57. The summed E-state index contributed by atoms with van der Waals surface area (Å²) in [4.78, 5) is 12.8. The Morgan fingerprint density at radius 3 is 2.60 bits per heavy atom. The Morgan fingerprint density at radius 2 is 1.90 bits per heavy atom. The third-order valence-corrected chi connectivity index (χ3v) is 6.35. The van der Waals surface area contributed by atoms with E-state index in [2.05, 4.69) is 40.0 Å². The zero-order chi connectivity index (χ0) is 21.5. The molecule has 0 unspecified atom stereocenters.